The average Bonchev–Trinajstić information content (AvgIpc) is 4.23. The van der Waals surface area contributed by atoms with E-state index < -0.39 is 60.4 Å². The van der Waals surface area contributed by atoms with Crippen molar-refractivity contribution in [3.05, 3.63) is 217 Å². The van der Waals surface area contributed by atoms with Gasteiger partial charge in [-0.3, -0.25) is 4.57 Å². The average molecular weight is 911 g/mol. The van der Waals surface area contributed by atoms with Gasteiger partial charge in [-0.25, -0.2) is 4.98 Å². The molecule has 6 heteroatoms. The van der Waals surface area contributed by atoms with Gasteiger partial charge < -0.3 is 19.3 Å². The second-order valence-electron chi connectivity index (χ2n) is 18.3. The Morgan fingerprint density at radius 1 is 0.507 bits per heavy atom. The zero-order valence-corrected chi connectivity index (χ0v) is 39.3. The number of rotatable bonds is 12. The van der Waals surface area contributed by atoms with Gasteiger partial charge in [-0.1, -0.05) is 169 Å². The van der Waals surface area contributed by atoms with Gasteiger partial charge in [-0.05, 0) is 94.1 Å². The van der Waals surface area contributed by atoms with Crippen LogP contribution in [0, 0.1) is 0 Å². The van der Waals surface area contributed by atoms with Gasteiger partial charge in [0.1, 0.15) is 35.5 Å². The number of hydrogen-bond acceptors (Lipinski definition) is 5. The van der Waals surface area contributed by atoms with E-state index in [1.807, 2.05) is 94.7 Å². The van der Waals surface area contributed by atoms with Crippen LogP contribution in [0.1, 0.15) is 89.7 Å². The number of pyridine rings is 1. The number of benzene rings is 8. The Morgan fingerprint density at radius 3 is 1.77 bits per heavy atom. The summed E-state index contributed by atoms with van der Waals surface area (Å²) in [6.07, 6.45) is 1.78. The number of anilines is 4. The zero-order chi connectivity index (χ0) is 55.9. The summed E-state index contributed by atoms with van der Waals surface area (Å²) in [6.45, 7) is 13.4. The minimum absolute atomic E-state index is 0.0952. The van der Waals surface area contributed by atoms with Crippen molar-refractivity contribution in [1.29, 1.82) is 0 Å². The molecule has 0 saturated carbocycles. The van der Waals surface area contributed by atoms with Crippen molar-refractivity contribution in [2.45, 2.75) is 59.3 Å². The first-order valence-electron chi connectivity index (χ1n) is 28.4. The summed E-state index contributed by atoms with van der Waals surface area (Å²) in [7, 11) is 0. The third-order valence-electron chi connectivity index (χ3n) is 12.8. The molecule has 0 N–H and O–H groups in total. The zero-order valence-electron chi connectivity index (χ0n) is 49.3. The van der Waals surface area contributed by atoms with Gasteiger partial charge >= 0.3 is 0 Å². The lowest BCUT2D eigenvalue weighted by molar-refractivity contribution is 0.462. The van der Waals surface area contributed by atoms with Crippen molar-refractivity contribution in [1.82, 2.24) is 9.55 Å². The second-order valence-corrected chi connectivity index (χ2v) is 18.3. The van der Waals surface area contributed by atoms with Gasteiger partial charge in [0.2, 0.25) is 0 Å². The molecular weight excluding hydrogens is 845 g/mol. The summed E-state index contributed by atoms with van der Waals surface area (Å²) in [5.74, 6) is 4.20. The highest BCUT2D eigenvalue weighted by Crippen LogP contribution is 2.50. The molecule has 340 valence electrons. The van der Waals surface area contributed by atoms with Crippen molar-refractivity contribution in [3.8, 4) is 51.1 Å². The molecule has 0 fully saturated rings. The molecular formula is C63H56N4O2. The maximum absolute atomic E-state index is 9.07. The number of ether oxygens (including phenoxy) is 2. The Morgan fingerprint density at radius 2 is 1.10 bits per heavy atom. The number of para-hydroxylation sites is 4. The van der Waals surface area contributed by atoms with Crippen molar-refractivity contribution in [2.24, 2.45) is 0 Å². The smallest absolute Gasteiger partial charge is 0.141 e. The molecule has 0 saturated heterocycles. The molecule has 0 radical (unpaired) electrons. The van der Waals surface area contributed by atoms with E-state index in [9.17, 15) is 0 Å². The van der Waals surface area contributed by atoms with E-state index in [1.54, 1.807) is 24.4 Å². The first kappa shape index (κ1) is 33.4. The second kappa shape index (κ2) is 18.2. The summed E-state index contributed by atoms with van der Waals surface area (Å²) in [4.78, 5) is 8.86. The van der Waals surface area contributed by atoms with Crippen LogP contribution in [0.5, 0.6) is 23.0 Å². The Labute approximate surface area is 419 Å². The highest BCUT2D eigenvalue weighted by atomic mass is 16.5. The molecule has 0 unspecified atom stereocenters. The molecule has 6 nitrogen and oxygen atoms in total. The monoisotopic (exact) mass is 911 g/mol. The van der Waals surface area contributed by atoms with Crippen LogP contribution in [0.15, 0.2) is 200 Å². The van der Waals surface area contributed by atoms with Gasteiger partial charge in [0.25, 0.3) is 0 Å². The standard InChI is InChI=1S/C63H56N4O2/c1-41(2)46-35-55(42(3)4)63(56(36-46)43(5)6)69-50-33-34-64-61(39-50)67-57-28-14-13-25-53(57)54-32-31-49(38-60(54)67)68-48-24-17-23-47(37-48)65-40-66(59-30-16-15-29-58(59)65)62-51(44-19-9-7-10-20-44)26-18-27-52(62)45-21-11-8-12-22-45/h7-39,41-43H,40H2,1-6H3/i7D,8D,9D,10D,11D,12D,19D,20D,21D,22D. The summed E-state index contributed by atoms with van der Waals surface area (Å²) >= 11 is 0. The minimum atomic E-state index is -0.555. The van der Waals surface area contributed by atoms with Crippen molar-refractivity contribution in [3.63, 3.8) is 0 Å². The minimum Gasteiger partial charge on any atom is -0.457 e. The molecule has 0 bridgehead atoms. The third kappa shape index (κ3) is 8.16. The van der Waals surface area contributed by atoms with Crippen LogP contribution in [0.2, 0.25) is 0 Å². The summed E-state index contributed by atoms with van der Waals surface area (Å²) in [5.41, 5.74) is 8.14. The van der Waals surface area contributed by atoms with Crippen LogP contribution >= 0.6 is 0 Å². The maximum Gasteiger partial charge on any atom is 0.141 e. The molecule has 1 aliphatic heterocycles. The van der Waals surface area contributed by atoms with Crippen LogP contribution in [-0.2, 0) is 0 Å². The lowest BCUT2D eigenvalue weighted by Crippen LogP contribution is -2.24. The van der Waals surface area contributed by atoms with Crippen LogP contribution < -0.4 is 19.3 Å². The molecule has 8 aromatic carbocycles. The van der Waals surface area contributed by atoms with Gasteiger partial charge in [0.15, 0.2) is 0 Å². The van der Waals surface area contributed by atoms with Crippen LogP contribution in [0.4, 0.5) is 22.7 Å². The van der Waals surface area contributed by atoms with E-state index in [2.05, 4.69) is 76.4 Å². The summed E-state index contributed by atoms with van der Waals surface area (Å²) in [5, 5.41) is 2.06. The first-order valence-corrected chi connectivity index (χ1v) is 23.4. The number of aromatic nitrogens is 2. The number of hydrogen-bond donors (Lipinski definition) is 0. The molecule has 3 heterocycles. The lowest BCUT2D eigenvalue weighted by atomic mass is 9.88. The Kier molecular flexibility index (Phi) is 8.80. The molecule has 1 aliphatic rings. The van der Waals surface area contributed by atoms with E-state index in [-0.39, 0.29) is 46.4 Å². The van der Waals surface area contributed by atoms with Crippen molar-refractivity contribution < 1.29 is 23.2 Å². The fourth-order valence-corrected chi connectivity index (χ4v) is 9.46. The third-order valence-corrected chi connectivity index (χ3v) is 12.8. The Bertz CT molecular complexity index is 3930. The molecule has 0 aliphatic carbocycles. The normalized spacial score (nSPS) is 14.5. The van der Waals surface area contributed by atoms with E-state index in [1.165, 1.54) is 16.7 Å². The fraction of sp³-hybridized carbons (Fsp3) is 0.159. The predicted molar refractivity (Wildman–Crippen MR) is 287 cm³/mol. The van der Waals surface area contributed by atoms with Crippen molar-refractivity contribution >= 4 is 44.6 Å². The predicted octanol–water partition coefficient (Wildman–Crippen LogP) is 17.7. The lowest BCUT2D eigenvalue weighted by Gasteiger charge is -2.27. The fourth-order valence-electron chi connectivity index (χ4n) is 9.46. The molecule has 69 heavy (non-hydrogen) atoms. The number of fused-ring (bicyclic) bond motifs is 4. The Hall–Kier alpha value is -8.09. The van der Waals surface area contributed by atoms with Gasteiger partial charge in [-0.2, -0.15) is 0 Å². The molecule has 11 rings (SSSR count). The largest absolute Gasteiger partial charge is 0.457 e. The number of nitrogens with zero attached hydrogens (tertiary/aromatic N) is 4. The van der Waals surface area contributed by atoms with Gasteiger partial charge in [0.05, 0.1) is 41.8 Å². The highest BCUT2D eigenvalue weighted by molar-refractivity contribution is 6.09. The highest BCUT2D eigenvalue weighted by Gasteiger charge is 2.31. The van der Waals surface area contributed by atoms with Crippen LogP contribution in [0.25, 0.3) is 49.9 Å². The SMILES string of the molecule is [2H]c1c([2H])c([2H])c(-c2cccc(-c3c([2H])c([2H])c([2H])c([2H])c3[2H])c2N2CN(c3cccc(Oc4ccc5c6ccccc6n(-c6cc(Oc7c(C(C)C)cc(C(C)C)cc7C(C)C)ccn6)c5c4)c3)c3ccccc32)c([2H])c1[2H]. The van der Waals surface area contributed by atoms with E-state index in [4.69, 9.17) is 28.2 Å². The van der Waals surface area contributed by atoms with Crippen LogP contribution in [0.3, 0.4) is 0 Å². The van der Waals surface area contributed by atoms with E-state index in [0.717, 1.165) is 38.9 Å². The Balaban J connectivity index is 0.985. The quantitative estimate of drug-likeness (QED) is 0.122. The van der Waals surface area contributed by atoms with Gasteiger partial charge in [0, 0.05) is 52.0 Å². The van der Waals surface area contributed by atoms with Crippen molar-refractivity contribution in [2.75, 3.05) is 16.5 Å². The first-order chi connectivity index (χ1) is 37.8. The van der Waals surface area contributed by atoms with Gasteiger partial charge in [-0.15, -0.1) is 0 Å². The van der Waals surface area contributed by atoms with E-state index >= 15 is 0 Å². The summed E-state index contributed by atoms with van der Waals surface area (Å²) < 4.78 is 103. The molecule has 0 spiro atoms. The molecule has 0 atom stereocenters. The topological polar surface area (TPSA) is 42.8 Å². The molecule has 10 aromatic rings. The molecule has 2 aromatic heterocycles. The van der Waals surface area contributed by atoms with E-state index in [0.29, 0.717) is 34.7 Å². The molecule has 0 amide bonds. The van der Waals surface area contributed by atoms with Crippen LogP contribution in [-0.4, -0.2) is 16.2 Å². The maximum atomic E-state index is 9.07. The summed E-state index contributed by atoms with van der Waals surface area (Å²) in [6, 6.07) is 37.8.